The number of sulfonamides is 1. The van der Waals surface area contributed by atoms with Crippen molar-refractivity contribution in [1.29, 1.82) is 0 Å². The van der Waals surface area contributed by atoms with Crippen molar-refractivity contribution >= 4 is 43.7 Å². The Kier molecular flexibility index (Phi) is 3.11. The number of imidazole rings is 1. The second-order valence-corrected chi connectivity index (χ2v) is 7.01. The van der Waals surface area contributed by atoms with Gasteiger partial charge in [0.1, 0.15) is 10.7 Å². The predicted octanol–water partition coefficient (Wildman–Crippen LogP) is 1.95. The molecule has 3 aromatic heterocycles. The summed E-state index contributed by atoms with van der Waals surface area (Å²) in [6, 6.07) is 5.11. The molecule has 0 saturated heterocycles. The molecule has 1 N–H and O–H groups in total. The van der Waals surface area contributed by atoms with Crippen LogP contribution in [0.4, 0.5) is 5.13 Å². The van der Waals surface area contributed by atoms with E-state index >= 15 is 0 Å². The molecule has 7 nitrogen and oxygen atoms in total. The summed E-state index contributed by atoms with van der Waals surface area (Å²) in [5.74, 6) is 0. The second-order valence-electron chi connectivity index (χ2n) is 3.87. The molecule has 104 valence electrons. The fourth-order valence-electron chi connectivity index (χ4n) is 1.69. The maximum Gasteiger partial charge on any atom is 0.282 e. The quantitative estimate of drug-likeness (QED) is 0.793. The number of aryl methyl sites for hydroxylation is 1. The molecule has 0 bridgehead atoms. The zero-order valence-corrected chi connectivity index (χ0v) is 12.5. The van der Waals surface area contributed by atoms with Crippen molar-refractivity contribution < 1.29 is 8.42 Å². The Bertz CT molecular complexity index is 886. The van der Waals surface area contributed by atoms with Crippen LogP contribution in [0.3, 0.4) is 0 Å². The summed E-state index contributed by atoms with van der Waals surface area (Å²) < 4.78 is 28.5. The van der Waals surface area contributed by atoms with E-state index in [2.05, 4.69) is 19.9 Å². The SMILES string of the molecule is Cc1nnc(NS(=O)(=O)c2c(Cl)nc3ccccn23)s1. The summed E-state index contributed by atoms with van der Waals surface area (Å²) in [5.41, 5.74) is 0.450. The third kappa shape index (κ3) is 2.23. The Hall–Kier alpha value is -1.71. The average molecular weight is 330 g/mol. The van der Waals surface area contributed by atoms with Gasteiger partial charge >= 0.3 is 0 Å². The van der Waals surface area contributed by atoms with Crippen LogP contribution in [0.25, 0.3) is 5.65 Å². The van der Waals surface area contributed by atoms with Gasteiger partial charge in [-0.25, -0.2) is 4.98 Å². The van der Waals surface area contributed by atoms with Crippen LogP contribution >= 0.6 is 22.9 Å². The van der Waals surface area contributed by atoms with E-state index in [0.717, 1.165) is 11.3 Å². The molecule has 0 amide bonds. The molecule has 3 heterocycles. The summed E-state index contributed by atoms with van der Waals surface area (Å²) in [6.45, 7) is 1.73. The fraction of sp³-hybridized carbons (Fsp3) is 0.100. The number of nitrogens with zero attached hydrogens (tertiary/aromatic N) is 4. The van der Waals surface area contributed by atoms with Gasteiger partial charge in [-0.05, 0) is 19.1 Å². The van der Waals surface area contributed by atoms with Gasteiger partial charge in [0.25, 0.3) is 10.0 Å². The van der Waals surface area contributed by atoms with Crippen molar-refractivity contribution in [2.75, 3.05) is 4.72 Å². The normalized spacial score (nSPS) is 11.9. The van der Waals surface area contributed by atoms with Crippen molar-refractivity contribution in [1.82, 2.24) is 19.6 Å². The summed E-state index contributed by atoms with van der Waals surface area (Å²) in [6.07, 6.45) is 1.58. The van der Waals surface area contributed by atoms with E-state index in [9.17, 15) is 8.42 Å². The summed E-state index contributed by atoms with van der Waals surface area (Å²) in [4.78, 5) is 4.00. The number of anilines is 1. The summed E-state index contributed by atoms with van der Waals surface area (Å²) >= 11 is 7.08. The van der Waals surface area contributed by atoms with Crippen LogP contribution in [0.15, 0.2) is 29.4 Å². The van der Waals surface area contributed by atoms with Gasteiger partial charge < -0.3 is 0 Å². The minimum absolute atomic E-state index is 0.0927. The first-order chi connectivity index (χ1) is 9.47. The molecule has 0 aliphatic carbocycles. The van der Waals surface area contributed by atoms with Crippen LogP contribution in [0.2, 0.25) is 5.15 Å². The summed E-state index contributed by atoms with van der Waals surface area (Å²) in [5, 5.41) is 8.11. The first kappa shape index (κ1) is 13.3. The van der Waals surface area contributed by atoms with Crippen molar-refractivity contribution in [3.05, 3.63) is 34.6 Å². The highest BCUT2D eigenvalue weighted by Gasteiger charge is 2.25. The van der Waals surface area contributed by atoms with Crippen LogP contribution in [-0.4, -0.2) is 28.0 Å². The molecular weight excluding hydrogens is 322 g/mol. The minimum atomic E-state index is -3.89. The van der Waals surface area contributed by atoms with Gasteiger partial charge in [0.15, 0.2) is 10.2 Å². The van der Waals surface area contributed by atoms with Crippen LogP contribution in [-0.2, 0) is 10.0 Å². The molecule has 3 aromatic rings. The molecular formula is C10H8ClN5O2S2. The van der Waals surface area contributed by atoms with Gasteiger partial charge in [0.2, 0.25) is 5.13 Å². The van der Waals surface area contributed by atoms with Gasteiger partial charge in [0.05, 0.1) is 0 Å². The predicted molar refractivity (Wildman–Crippen MR) is 75.7 cm³/mol. The highest BCUT2D eigenvalue weighted by molar-refractivity contribution is 7.93. The number of pyridine rings is 1. The monoisotopic (exact) mass is 329 g/mol. The van der Waals surface area contributed by atoms with E-state index in [1.807, 2.05) is 0 Å². The number of halogens is 1. The van der Waals surface area contributed by atoms with E-state index in [1.165, 1.54) is 4.40 Å². The van der Waals surface area contributed by atoms with E-state index in [-0.39, 0.29) is 15.3 Å². The molecule has 0 unspecified atom stereocenters. The Morgan fingerprint density at radius 2 is 2.15 bits per heavy atom. The lowest BCUT2D eigenvalue weighted by molar-refractivity contribution is 0.596. The second kappa shape index (κ2) is 4.69. The molecule has 0 atom stereocenters. The molecule has 0 radical (unpaired) electrons. The smallest absolute Gasteiger partial charge is 0.282 e. The average Bonchev–Trinajstić information content (AvgIpc) is 2.91. The van der Waals surface area contributed by atoms with Crippen molar-refractivity contribution in [3.8, 4) is 0 Å². The third-order valence-corrected chi connectivity index (χ3v) is 5.07. The zero-order chi connectivity index (χ0) is 14.3. The van der Waals surface area contributed by atoms with E-state index in [4.69, 9.17) is 11.6 Å². The molecule has 0 fully saturated rings. The van der Waals surface area contributed by atoms with Crippen molar-refractivity contribution in [2.24, 2.45) is 0 Å². The van der Waals surface area contributed by atoms with Gasteiger partial charge in [-0.1, -0.05) is 29.0 Å². The number of hydrogen-bond donors (Lipinski definition) is 1. The van der Waals surface area contributed by atoms with Gasteiger partial charge in [-0.3, -0.25) is 9.12 Å². The largest absolute Gasteiger partial charge is 0.288 e. The highest BCUT2D eigenvalue weighted by atomic mass is 35.5. The molecule has 20 heavy (non-hydrogen) atoms. The van der Waals surface area contributed by atoms with Gasteiger partial charge in [0, 0.05) is 6.20 Å². The molecule has 10 heteroatoms. The van der Waals surface area contributed by atoms with Crippen LogP contribution in [0.5, 0.6) is 0 Å². The van der Waals surface area contributed by atoms with Gasteiger partial charge in [-0.2, -0.15) is 8.42 Å². The number of nitrogens with one attached hydrogen (secondary N) is 1. The highest BCUT2D eigenvalue weighted by Crippen LogP contribution is 2.25. The Balaban J connectivity index is 2.11. The Labute approximate surface area is 123 Å². The van der Waals surface area contributed by atoms with Gasteiger partial charge in [-0.15, -0.1) is 10.2 Å². The van der Waals surface area contributed by atoms with Crippen LogP contribution in [0.1, 0.15) is 5.01 Å². The minimum Gasteiger partial charge on any atom is -0.288 e. The van der Waals surface area contributed by atoms with Crippen molar-refractivity contribution in [3.63, 3.8) is 0 Å². The van der Waals surface area contributed by atoms with Crippen LogP contribution < -0.4 is 4.72 Å². The Morgan fingerprint density at radius 3 is 2.85 bits per heavy atom. The fourth-order valence-corrected chi connectivity index (χ4v) is 4.16. The lowest BCUT2D eigenvalue weighted by atomic mass is 10.5. The Morgan fingerprint density at radius 1 is 1.35 bits per heavy atom. The molecule has 0 aliphatic heterocycles. The maximum absolute atomic E-state index is 12.4. The number of fused-ring (bicyclic) bond motifs is 1. The number of hydrogen-bond acceptors (Lipinski definition) is 6. The molecule has 0 aromatic carbocycles. The number of aromatic nitrogens is 4. The topological polar surface area (TPSA) is 89.2 Å². The standard InChI is InChI=1S/C10H8ClN5O2S2/c1-6-13-14-10(19-6)15-20(17,18)9-8(11)12-7-4-2-3-5-16(7)9/h2-5H,1H3,(H,14,15). The molecule has 0 spiro atoms. The molecule has 0 aliphatic rings. The van der Waals surface area contributed by atoms with Crippen LogP contribution in [0, 0.1) is 6.92 Å². The first-order valence-electron chi connectivity index (χ1n) is 5.43. The maximum atomic E-state index is 12.4. The number of rotatable bonds is 3. The first-order valence-corrected chi connectivity index (χ1v) is 8.10. The van der Waals surface area contributed by atoms with E-state index in [1.54, 1.807) is 31.3 Å². The van der Waals surface area contributed by atoms with E-state index in [0.29, 0.717) is 10.7 Å². The lowest BCUT2D eigenvalue weighted by Crippen LogP contribution is -2.15. The lowest BCUT2D eigenvalue weighted by Gasteiger charge is -2.04. The third-order valence-electron chi connectivity index (χ3n) is 2.45. The van der Waals surface area contributed by atoms with Crippen molar-refractivity contribution in [2.45, 2.75) is 11.9 Å². The summed E-state index contributed by atoms with van der Waals surface area (Å²) in [7, 11) is -3.89. The molecule has 0 saturated carbocycles. The zero-order valence-electron chi connectivity index (χ0n) is 10.1. The van der Waals surface area contributed by atoms with E-state index < -0.39 is 10.0 Å². The molecule has 3 rings (SSSR count).